The summed E-state index contributed by atoms with van der Waals surface area (Å²) in [6.07, 6.45) is -1.44. The van der Waals surface area contributed by atoms with E-state index in [1.165, 1.54) is 18.2 Å². The van der Waals surface area contributed by atoms with E-state index in [2.05, 4.69) is 10.1 Å². The molecule has 1 aromatic carbocycles. The summed E-state index contributed by atoms with van der Waals surface area (Å²) in [5, 5.41) is 2.69. The molecule has 122 valence electrons. The summed E-state index contributed by atoms with van der Waals surface area (Å²) < 4.78 is 41.0. The van der Waals surface area contributed by atoms with Gasteiger partial charge >= 0.3 is 6.36 Å². The van der Waals surface area contributed by atoms with E-state index in [9.17, 15) is 18.0 Å². The largest absolute Gasteiger partial charge is 0.573 e. The Balaban J connectivity index is 2.04. The zero-order valence-corrected chi connectivity index (χ0v) is 12.1. The number of rotatable bonds is 5. The summed E-state index contributed by atoms with van der Waals surface area (Å²) in [4.78, 5) is 12.3. The average Bonchev–Trinajstić information content (AvgIpc) is 2.94. The highest BCUT2D eigenvalue weighted by atomic mass is 19.4. The van der Waals surface area contributed by atoms with Crippen LogP contribution in [0.1, 0.15) is 31.2 Å². The Morgan fingerprint density at radius 2 is 1.91 bits per heavy atom. The molecule has 0 radical (unpaired) electrons. The third kappa shape index (κ3) is 3.91. The molecule has 7 heteroatoms. The van der Waals surface area contributed by atoms with Gasteiger partial charge in [0.05, 0.1) is 5.41 Å². The molecular formula is C15H19F3N2O2. The lowest BCUT2D eigenvalue weighted by atomic mass is 9.85. The van der Waals surface area contributed by atoms with Crippen molar-refractivity contribution in [3.63, 3.8) is 0 Å². The molecule has 0 saturated heterocycles. The van der Waals surface area contributed by atoms with Crippen LogP contribution in [-0.4, -0.2) is 18.8 Å². The zero-order valence-electron chi connectivity index (χ0n) is 12.1. The van der Waals surface area contributed by atoms with E-state index in [-0.39, 0.29) is 30.3 Å². The number of hydrogen-bond donors (Lipinski definition) is 2. The van der Waals surface area contributed by atoms with Crippen LogP contribution in [0.2, 0.25) is 0 Å². The van der Waals surface area contributed by atoms with Crippen LogP contribution in [0, 0.1) is 5.41 Å². The second-order valence-corrected chi connectivity index (χ2v) is 5.53. The van der Waals surface area contributed by atoms with Gasteiger partial charge in [-0.2, -0.15) is 0 Å². The molecular weight excluding hydrogens is 297 g/mol. The standard InChI is InChI=1S/C15H19F3N2O2/c16-15(17,18)22-12-6-2-1-5-11(12)9-20-13(21)14(10-19)7-3-4-8-14/h1-2,5-6H,3-4,7-10,19H2,(H,20,21). The number of nitrogens with one attached hydrogen (secondary N) is 1. The molecule has 0 bridgehead atoms. The first kappa shape index (κ1) is 16.6. The molecule has 1 aliphatic rings. The van der Waals surface area contributed by atoms with Gasteiger partial charge in [0.15, 0.2) is 0 Å². The molecule has 1 saturated carbocycles. The lowest BCUT2D eigenvalue weighted by Crippen LogP contribution is -2.43. The van der Waals surface area contributed by atoms with Crippen molar-refractivity contribution in [2.75, 3.05) is 6.54 Å². The van der Waals surface area contributed by atoms with Gasteiger partial charge in [0, 0.05) is 18.7 Å². The average molecular weight is 316 g/mol. The maximum absolute atomic E-state index is 12.4. The normalized spacial score (nSPS) is 17.3. The molecule has 0 aromatic heterocycles. The number of carbonyl (C=O) groups is 1. The molecule has 0 atom stereocenters. The first-order valence-electron chi connectivity index (χ1n) is 7.18. The van der Waals surface area contributed by atoms with Crippen molar-refractivity contribution in [2.24, 2.45) is 11.1 Å². The van der Waals surface area contributed by atoms with Crippen LogP contribution in [-0.2, 0) is 11.3 Å². The number of para-hydroxylation sites is 1. The third-order valence-corrected chi connectivity index (χ3v) is 4.07. The third-order valence-electron chi connectivity index (χ3n) is 4.07. The fraction of sp³-hybridized carbons (Fsp3) is 0.533. The topological polar surface area (TPSA) is 64.4 Å². The first-order valence-corrected chi connectivity index (χ1v) is 7.18. The van der Waals surface area contributed by atoms with Crippen LogP contribution in [0.3, 0.4) is 0 Å². The number of benzene rings is 1. The van der Waals surface area contributed by atoms with E-state index in [1.807, 2.05) is 0 Å². The molecule has 0 spiro atoms. The smallest absolute Gasteiger partial charge is 0.405 e. The summed E-state index contributed by atoms with van der Waals surface area (Å²) in [7, 11) is 0. The Morgan fingerprint density at radius 3 is 2.50 bits per heavy atom. The molecule has 1 fully saturated rings. The highest BCUT2D eigenvalue weighted by Crippen LogP contribution is 2.37. The van der Waals surface area contributed by atoms with Crippen molar-refractivity contribution in [1.82, 2.24) is 5.32 Å². The van der Waals surface area contributed by atoms with Crippen molar-refractivity contribution in [1.29, 1.82) is 0 Å². The Labute approximate surface area is 126 Å². The maximum atomic E-state index is 12.4. The Bertz CT molecular complexity index is 526. The summed E-state index contributed by atoms with van der Waals surface area (Å²) in [5.41, 5.74) is 5.41. The van der Waals surface area contributed by atoms with Crippen molar-refractivity contribution in [3.8, 4) is 5.75 Å². The van der Waals surface area contributed by atoms with E-state index in [0.717, 1.165) is 25.7 Å². The Kier molecular flexibility index (Phi) is 4.95. The number of halogens is 3. The predicted octanol–water partition coefficient (Wildman–Crippen LogP) is 2.72. The van der Waals surface area contributed by atoms with Gasteiger partial charge < -0.3 is 15.8 Å². The van der Waals surface area contributed by atoms with Crippen molar-refractivity contribution >= 4 is 5.91 Å². The molecule has 2 rings (SSSR count). The fourth-order valence-corrected chi connectivity index (χ4v) is 2.81. The van der Waals surface area contributed by atoms with Crippen LogP contribution in [0.5, 0.6) is 5.75 Å². The highest BCUT2D eigenvalue weighted by Gasteiger charge is 2.39. The summed E-state index contributed by atoms with van der Waals surface area (Å²) in [6.45, 7) is 0.229. The number of carbonyl (C=O) groups excluding carboxylic acids is 1. The molecule has 4 nitrogen and oxygen atoms in total. The molecule has 1 aliphatic carbocycles. The van der Waals surface area contributed by atoms with Crippen molar-refractivity contribution < 1.29 is 22.7 Å². The van der Waals surface area contributed by atoms with E-state index in [0.29, 0.717) is 0 Å². The van der Waals surface area contributed by atoms with E-state index in [1.54, 1.807) is 6.07 Å². The molecule has 22 heavy (non-hydrogen) atoms. The summed E-state index contributed by atoms with van der Waals surface area (Å²) in [6, 6.07) is 5.76. The van der Waals surface area contributed by atoms with E-state index >= 15 is 0 Å². The molecule has 0 aliphatic heterocycles. The Hall–Kier alpha value is -1.76. The number of nitrogens with two attached hydrogens (primary N) is 1. The number of alkyl halides is 3. The first-order chi connectivity index (χ1) is 10.4. The molecule has 0 unspecified atom stereocenters. The second kappa shape index (κ2) is 6.56. The van der Waals surface area contributed by atoms with Gasteiger partial charge in [0.2, 0.25) is 5.91 Å². The van der Waals surface area contributed by atoms with Crippen LogP contribution in [0.4, 0.5) is 13.2 Å². The van der Waals surface area contributed by atoms with Gasteiger partial charge in [0.25, 0.3) is 0 Å². The summed E-state index contributed by atoms with van der Waals surface area (Å²) in [5.74, 6) is -0.502. The SMILES string of the molecule is NCC1(C(=O)NCc2ccccc2OC(F)(F)F)CCCC1. The minimum Gasteiger partial charge on any atom is -0.405 e. The zero-order chi connectivity index (χ0) is 16.2. The lowest BCUT2D eigenvalue weighted by Gasteiger charge is -2.26. The van der Waals surface area contributed by atoms with Crippen LogP contribution in [0.25, 0.3) is 0 Å². The highest BCUT2D eigenvalue weighted by molar-refractivity contribution is 5.83. The van der Waals surface area contributed by atoms with Crippen LogP contribution >= 0.6 is 0 Å². The molecule has 3 N–H and O–H groups in total. The lowest BCUT2D eigenvalue weighted by molar-refractivity contribution is -0.274. The van der Waals surface area contributed by atoms with Crippen molar-refractivity contribution in [2.45, 2.75) is 38.6 Å². The maximum Gasteiger partial charge on any atom is 0.573 e. The van der Waals surface area contributed by atoms with Gasteiger partial charge in [-0.15, -0.1) is 13.2 Å². The van der Waals surface area contributed by atoms with E-state index in [4.69, 9.17) is 5.73 Å². The number of amides is 1. The second-order valence-electron chi connectivity index (χ2n) is 5.53. The minimum absolute atomic E-state index is 0.0210. The Morgan fingerprint density at radius 1 is 1.27 bits per heavy atom. The number of ether oxygens (including phenoxy) is 1. The summed E-state index contributed by atoms with van der Waals surface area (Å²) >= 11 is 0. The monoisotopic (exact) mass is 316 g/mol. The van der Waals surface area contributed by atoms with Crippen LogP contribution < -0.4 is 15.8 Å². The van der Waals surface area contributed by atoms with E-state index < -0.39 is 11.8 Å². The van der Waals surface area contributed by atoms with Crippen molar-refractivity contribution in [3.05, 3.63) is 29.8 Å². The van der Waals surface area contributed by atoms with Gasteiger partial charge in [-0.3, -0.25) is 4.79 Å². The van der Waals surface area contributed by atoms with Gasteiger partial charge in [-0.05, 0) is 18.9 Å². The molecule has 1 amide bonds. The molecule has 0 heterocycles. The van der Waals surface area contributed by atoms with Gasteiger partial charge in [-0.25, -0.2) is 0 Å². The van der Waals surface area contributed by atoms with Crippen LogP contribution in [0.15, 0.2) is 24.3 Å². The number of hydrogen-bond acceptors (Lipinski definition) is 3. The minimum atomic E-state index is -4.76. The van der Waals surface area contributed by atoms with Gasteiger partial charge in [-0.1, -0.05) is 31.0 Å². The predicted molar refractivity (Wildman–Crippen MR) is 74.9 cm³/mol. The molecule has 1 aromatic rings. The fourth-order valence-electron chi connectivity index (χ4n) is 2.81. The van der Waals surface area contributed by atoms with Gasteiger partial charge in [0.1, 0.15) is 5.75 Å². The quantitative estimate of drug-likeness (QED) is 0.878.